The summed E-state index contributed by atoms with van der Waals surface area (Å²) in [5.74, 6) is 1.24. The van der Waals surface area contributed by atoms with Crippen molar-refractivity contribution in [3.63, 3.8) is 0 Å². The summed E-state index contributed by atoms with van der Waals surface area (Å²) in [7, 11) is 0. The fraction of sp³-hybridized carbons (Fsp3) is 0.357. The van der Waals surface area contributed by atoms with Gasteiger partial charge in [-0.1, -0.05) is 35.6 Å². The molecule has 0 N–H and O–H groups in total. The SMILES string of the molecule is CCOc1cc(/C=N/N2C(=O)CSC2=S)cc(Cl)c1OCC. The van der Waals surface area contributed by atoms with E-state index in [0.29, 0.717) is 45.4 Å². The predicted octanol–water partition coefficient (Wildman–Crippen LogP) is 3.33. The van der Waals surface area contributed by atoms with E-state index < -0.39 is 0 Å². The fourth-order valence-corrected chi connectivity index (χ4v) is 3.03. The zero-order chi connectivity index (χ0) is 16.1. The highest BCUT2D eigenvalue weighted by atomic mass is 35.5. The van der Waals surface area contributed by atoms with Crippen LogP contribution in [0.5, 0.6) is 11.5 Å². The number of carbonyl (C=O) groups excluding carboxylic acids is 1. The number of thioether (sulfide) groups is 1. The maximum Gasteiger partial charge on any atom is 0.259 e. The summed E-state index contributed by atoms with van der Waals surface area (Å²) in [6, 6.07) is 3.47. The molecule has 0 unspecified atom stereocenters. The topological polar surface area (TPSA) is 51.1 Å². The summed E-state index contributed by atoms with van der Waals surface area (Å²) < 4.78 is 11.5. The molecule has 0 aliphatic carbocycles. The summed E-state index contributed by atoms with van der Waals surface area (Å²) in [4.78, 5) is 11.6. The third-order valence-corrected chi connectivity index (χ3v) is 4.29. The van der Waals surface area contributed by atoms with E-state index in [1.54, 1.807) is 12.1 Å². The zero-order valence-corrected chi connectivity index (χ0v) is 14.6. The van der Waals surface area contributed by atoms with Crippen LogP contribution in [0.25, 0.3) is 0 Å². The van der Waals surface area contributed by atoms with E-state index in [2.05, 4.69) is 5.10 Å². The number of hydrogen-bond donors (Lipinski definition) is 0. The number of hydrazone groups is 1. The number of halogens is 1. The Morgan fingerprint density at radius 3 is 2.73 bits per heavy atom. The Hall–Kier alpha value is -1.31. The van der Waals surface area contributed by atoms with Gasteiger partial charge in [0.1, 0.15) is 0 Å². The first-order chi connectivity index (χ1) is 10.6. The molecule has 0 spiro atoms. The number of benzene rings is 1. The molecule has 1 aliphatic rings. The van der Waals surface area contributed by atoms with Crippen molar-refractivity contribution in [3.8, 4) is 11.5 Å². The number of thiocarbonyl (C=S) groups is 1. The first-order valence-electron chi connectivity index (χ1n) is 6.69. The average Bonchev–Trinajstić information content (AvgIpc) is 2.80. The third-order valence-electron chi connectivity index (χ3n) is 2.67. The van der Waals surface area contributed by atoms with Crippen LogP contribution >= 0.6 is 35.6 Å². The lowest BCUT2D eigenvalue weighted by Gasteiger charge is -2.13. The van der Waals surface area contributed by atoms with Gasteiger partial charge in [-0.25, -0.2) is 0 Å². The molecule has 22 heavy (non-hydrogen) atoms. The van der Waals surface area contributed by atoms with Crippen LogP contribution in [0.4, 0.5) is 0 Å². The van der Waals surface area contributed by atoms with Crippen LogP contribution in [0.2, 0.25) is 5.02 Å². The maximum atomic E-state index is 11.6. The lowest BCUT2D eigenvalue weighted by Crippen LogP contribution is -2.22. The second kappa shape index (κ2) is 7.80. The molecular formula is C14H15ClN2O3S2. The van der Waals surface area contributed by atoms with Gasteiger partial charge in [0.05, 0.1) is 30.2 Å². The molecule has 1 saturated heterocycles. The smallest absolute Gasteiger partial charge is 0.259 e. The largest absolute Gasteiger partial charge is 0.490 e. The molecule has 1 aliphatic heterocycles. The number of hydrogen-bond acceptors (Lipinski definition) is 6. The highest BCUT2D eigenvalue weighted by molar-refractivity contribution is 8.23. The third kappa shape index (κ3) is 3.91. The van der Waals surface area contributed by atoms with Crippen LogP contribution in [-0.4, -0.2) is 40.4 Å². The quantitative estimate of drug-likeness (QED) is 0.576. The molecule has 5 nitrogen and oxygen atoms in total. The average molecular weight is 359 g/mol. The van der Waals surface area contributed by atoms with E-state index >= 15 is 0 Å². The molecule has 8 heteroatoms. The molecule has 1 heterocycles. The molecule has 2 rings (SSSR count). The van der Waals surface area contributed by atoms with E-state index in [9.17, 15) is 4.79 Å². The Kier molecular flexibility index (Phi) is 6.05. The van der Waals surface area contributed by atoms with E-state index in [-0.39, 0.29) is 5.91 Å². The van der Waals surface area contributed by atoms with Crippen LogP contribution in [0, 0.1) is 0 Å². The first kappa shape index (κ1) is 17.1. The van der Waals surface area contributed by atoms with E-state index in [1.807, 2.05) is 13.8 Å². The molecule has 118 valence electrons. The fourth-order valence-electron chi connectivity index (χ4n) is 1.79. The molecular weight excluding hydrogens is 344 g/mol. The Bertz CT molecular complexity index is 606. The standard InChI is InChI=1S/C14H15ClN2O3S2/c1-3-19-11-6-9(5-10(15)13(11)20-4-2)7-16-17-12(18)8-22-14(17)21/h5-7H,3-4,8H2,1-2H3/b16-7+. The van der Waals surface area contributed by atoms with Crippen molar-refractivity contribution in [1.82, 2.24) is 5.01 Å². The zero-order valence-electron chi connectivity index (χ0n) is 12.2. The molecule has 1 aromatic carbocycles. The molecule has 1 aromatic rings. The summed E-state index contributed by atoms with van der Waals surface area (Å²) in [6.45, 7) is 4.73. The summed E-state index contributed by atoms with van der Waals surface area (Å²) in [5.41, 5.74) is 0.699. The molecule has 0 bridgehead atoms. The highest BCUT2D eigenvalue weighted by Gasteiger charge is 2.26. The van der Waals surface area contributed by atoms with Crippen molar-refractivity contribution >= 4 is 52.0 Å². The maximum absolute atomic E-state index is 11.6. The molecule has 0 saturated carbocycles. The van der Waals surface area contributed by atoms with Gasteiger partial charge in [0.15, 0.2) is 15.8 Å². The normalized spacial score (nSPS) is 15.0. The number of amides is 1. The van der Waals surface area contributed by atoms with Crippen molar-refractivity contribution < 1.29 is 14.3 Å². The van der Waals surface area contributed by atoms with E-state index in [4.69, 9.17) is 33.3 Å². The lowest BCUT2D eigenvalue weighted by molar-refractivity contribution is -0.123. The summed E-state index contributed by atoms with van der Waals surface area (Å²) in [5, 5.41) is 5.76. The molecule has 0 atom stereocenters. The number of rotatable bonds is 6. The predicted molar refractivity (Wildman–Crippen MR) is 93.3 cm³/mol. The van der Waals surface area contributed by atoms with Gasteiger partial charge in [0.2, 0.25) is 0 Å². The summed E-state index contributed by atoms with van der Waals surface area (Å²) in [6.07, 6.45) is 1.53. The van der Waals surface area contributed by atoms with Gasteiger partial charge >= 0.3 is 0 Å². The van der Waals surface area contributed by atoms with Crippen LogP contribution in [0.15, 0.2) is 17.2 Å². The van der Waals surface area contributed by atoms with Gasteiger partial charge < -0.3 is 9.47 Å². The van der Waals surface area contributed by atoms with Crippen LogP contribution in [-0.2, 0) is 4.79 Å². The van der Waals surface area contributed by atoms with Crippen LogP contribution < -0.4 is 9.47 Å². The summed E-state index contributed by atoms with van der Waals surface area (Å²) >= 11 is 12.6. The van der Waals surface area contributed by atoms with Crippen molar-refractivity contribution in [2.75, 3.05) is 19.0 Å². The van der Waals surface area contributed by atoms with Gasteiger partial charge in [-0.15, -0.1) is 0 Å². The van der Waals surface area contributed by atoms with Crippen molar-refractivity contribution in [1.29, 1.82) is 0 Å². The molecule has 1 amide bonds. The lowest BCUT2D eigenvalue weighted by atomic mass is 10.2. The second-order valence-electron chi connectivity index (χ2n) is 4.20. The second-order valence-corrected chi connectivity index (χ2v) is 6.22. The van der Waals surface area contributed by atoms with Gasteiger partial charge in [-0.3, -0.25) is 4.79 Å². The highest BCUT2D eigenvalue weighted by Crippen LogP contribution is 2.36. The molecule has 1 fully saturated rings. The Morgan fingerprint density at radius 1 is 1.41 bits per heavy atom. The Morgan fingerprint density at radius 2 is 2.14 bits per heavy atom. The van der Waals surface area contributed by atoms with Crippen molar-refractivity contribution in [2.24, 2.45) is 5.10 Å². The van der Waals surface area contributed by atoms with Crippen molar-refractivity contribution in [2.45, 2.75) is 13.8 Å². The monoisotopic (exact) mass is 358 g/mol. The number of carbonyl (C=O) groups is 1. The van der Waals surface area contributed by atoms with E-state index in [1.165, 1.54) is 23.0 Å². The molecule has 0 radical (unpaired) electrons. The minimum atomic E-state index is -0.131. The minimum Gasteiger partial charge on any atom is -0.490 e. The van der Waals surface area contributed by atoms with Crippen molar-refractivity contribution in [3.05, 3.63) is 22.7 Å². The van der Waals surface area contributed by atoms with Gasteiger partial charge in [0, 0.05) is 0 Å². The van der Waals surface area contributed by atoms with E-state index in [0.717, 1.165) is 0 Å². The molecule has 0 aromatic heterocycles. The Balaban J connectivity index is 2.27. The Labute approximate surface area is 143 Å². The van der Waals surface area contributed by atoms with Crippen LogP contribution in [0.3, 0.4) is 0 Å². The minimum absolute atomic E-state index is 0.131. The number of ether oxygens (including phenoxy) is 2. The van der Waals surface area contributed by atoms with Gasteiger partial charge in [-0.2, -0.15) is 10.1 Å². The first-order valence-corrected chi connectivity index (χ1v) is 8.46. The van der Waals surface area contributed by atoms with Crippen LogP contribution in [0.1, 0.15) is 19.4 Å². The van der Waals surface area contributed by atoms with Gasteiger partial charge in [-0.05, 0) is 31.5 Å². The van der Waals surface area contributed by atoms with Gasteiger partial charge in [0.25, 0.3) is 5.91 Å². The number of nitrogens with zero attached hydrogens (tertiary/aromatic N) is 2.